The lowest BCUT2D eigenvalue weighted by molar-refractivity contribution is 0.120. The minimum absolute atomic E-state index is 0.167. The second kappa shape index (κ2) is 5.08. The highest BCUT2D eigenvalue weighted by Crippen LogP contribution is 2.52. The Bertz CT molecular complexity index is 1050. The van der Waals surface area contributed by atoms with E-state index in [1.807, 2.05) is 0 Å². The van der Waals surface area contributed by atoms with Gasteiger partial charge in [-0.15, -0.1) is 0 Å². The van der Waals surface area contributed by atoms with E-state index in [-0.39, 0.29) is 11.5 Å². The molecule has 4 rings (SSSR count). The number of hydrogen-bond donors (Lipinski definition) is 2. The lowest BCUT2D eigenvalue weighted by atomic mass is 10.1. The number of aromatic amines is 2. The Kier molecular flexibility index (Phi) is 3.12. The maximum absolute atomic E-state index is 13.0. The summed E-state index contributed by atoms with van der Waals surface area (Å²) in [7, 11) is 0. The van der Waals surface area contributed by atoms with Crippen LogP contribution in [0.25, 0.3) is 16.8 Å². The molecule has 0 aliphatic heterocycles. The number of nitrogens with one attached hydrogen (secondary N) is 2. The van der Waals surface area contributed by atoms with Gasteiger partial charge in [-0.05, 0) is 30.9 Å². The lowest BCUT2D eigenvalue weighted by Gasteiger charge is -2.08. The average Bonchev–Trinajstić information content (AvgIpc) is 3.25. The van der Waals surface area contributed by atoms with Gasteiger partial charge in [-0.2, -0.15) is 5.10 Å². The quantitative estimate of drug-likeness (QED) is 0.758. The molecular formula is C15H13F2N5O2. The molecule has 0 bridgehead atoms. The van der Waals surface area contributed by atoms with E-state index in [9.17, 15) is 18.4 Å². The molecule has 2 atom stereocenters. The van der Waals surface area contributed by atoms with E-state index >= 15 is 0 Å². The van der Waals surface area contributed by atoms with Crippen LogP contribution in [0.5, 0.6) is 0 Å². The second-order valence-corrected chi connectivity index (χ2v) is 5.91. The standard InChI is InChI=1S/C15H13F2N5O2/c1-6-18-5-12-8(7-2-9(7)13(16)17)3-11(21-22(6)12)10-4-19-15(24)20-14(10)23/h3-5,7,9,13H,2H2,1H3,(H2,19,20,23,24)/t7-,9+/m1/s1. The first-order chi connectivity index (χ1) is 11.5. The molecule has 0 radical (unpaired) electrons. The van der Waals surface area contributed by atoms with Gasteiger partial charge in [-0.1, -0.05) is 0 Å². The highest BCUT2D eigenvalue weighted by atomic mass is 19.3. The van der Waals surface area contributed by atoms with Crippen LogP contribution >= 0.6 is 0 Å². The molecule has 9 heteroatoms. The van der Waals surface area contributed by atoms with E-state index in [0.717, 1.165) is 0 Å². The van der Waals surface area contributed by atoms with Crippen molar-refractivity contribution in [2.45, 2.75) is 25.7 Å². The molecule has 0 amide bonds. The molecule has 0 spiro atoms. The maximum Gasteiger partial charge on any atom is 0.325 e. The molecule has 24 heavy (non-hydrogen) atoms. The predicted octanol–water partition coefficient (Wildman–Crippen LogP) is 1.45. The molecule has 1 fully saturated rings. The van der Waals surface area contributed by atoms with Crippen molar-refractivity contribution in [3.63, 3.8) is 0 Å². The summed E-state index contributed by atoms with van der Waals surface area (Å²) in [6, 6.07) is 1.63. The van der Waals surface area contributed by atoms with Crippen molar-refractivity contribution in [1.82, 2.24) is 24.6 Å². The van der Waals surface area contributed by atoms with Gasteiger partial charge in [-0.3, -0.25) is 9.78 Å². The fraction of sp³-hybridized carbons (Fsp3) is 0.333. The van der Waals surface area contributed by atoms with Gasteiger partial charge in [0.2, 0.25) is 6.43 Å². The van der Waals surface area contributed by atoms with E-state index in [2.05, 4.69) is 20.1 Å². The molecule has 1 aliphatic carbocycles. The summed E-state index contributed by atoms with van der Waals surface area (Å²) < 4.78 is 27.5. The SMILES string of the molecule is Cc1ncc2c([C@H]3C[C@@H]3C(F)F)cc(-c3c[nH]c(=O)[nH]c3=O)nn12. The fourth-order valence-electron chi connectivity index (χ4n) is 3.00. The Hall–Kier alpha value is -2.84. The van der Waals surface area contributed by atoms with Crippen molar-refractivity contribution in [3.8, 4) is 11.3 Å². The van der Waals surface area contributed by atoms with Gasteiger partial charge in [0.25, 0.3) is 5.56 Å². The minimum atomic E-state index is -2.38. The van der Waals surface area contributed by atoms with Gasteiger partial charge < -0.3 is 4.98 Å². The third-order valence-electron chi connectivity index (χ3n) is 4.36. The monoisotopic (exact) mass is 333 g/mol. The van der Waals surface area contributed by atoms with Crippen molar-refractivity contribution in [2.75, 3.05) is 0 Å². The molecule has 2 N–H and O–H groups in total. The van der Waals surface area contributed by atoms with Crippen molar-refractivity contribution in [2.24, 2.45) is 5.92 Å². The summed E-state index contributed by atoms with van der Waals surface area (Å²) in [6.45, 7) is 1.74. The molecule has 1 saturated carbocycles. The third kappa shape index (κ3) is 2.24. The maximum atomic E-state index is 13.0. The van der Waals surface area contributed by atoms with E-state index in [1.165, 1.54) is 10.7 Å². The zero-order valence-corrected chi connectivity index (χ0v) is 12.6. The zero-order chi connectivity index (χ0) is 17.0. The summed E-state index contributed by atoms with van der Waals surface area (Å²) >= 11 is 0. The second-order valence-electron chi connectivity index (χ2n) is 5.91. The van der Waals surface area contributed by atoms with Gasteiger partial charge in [-0.25, -0.2) is 23.1 Å². The molecule has 1 aliphatic rings. The molecule has 3 aromatic heterocycles. The molecule has 3 aromatic rings. The van der Waals surface area contributed by atoms with E-state index < -0.39 is 23.6 Å². The largest absolute Gasteiger partial charge is 0.325 e. The number of rotatable bonds is 3. The van der Waals surface area contributed by atoms with E-state index in [0.29, 0.717) is 29.0 Å². The Morgan fingerprint density at radius 3 is 2.83 bits per heavy atom. The molecule has 124 valence electrons. The average molecular weight is 333 g/mol. The summed E-state index contributed by atoms with van der Waals surface area (Å²) in [4.78, 5) is 31.9. The smallest absolute Gasteiger partial charge is 0.313 e. The molecule has 0 unspecified atom stereocenters. The van der Waals surface area contributed by atoms with Gasteiger partial charge in [0, 0.05) is 12.1 Å². The van der Waals surface area contributed by atoms with Crippen LogP contribution in [0.15, 0.2) is 28.0 Å². The van der Waals surface area contributed by atoms with Gasteiger partial charge in [0.15, 0.2) is 0 Å². The Balaban J connectivity index is 1.93. The summed E-state index contributed by atoms with van der Waals surface area (Å²) in [6.07, 6.45) is 0.873. The first-order valence-electron chi connectivity index (χ1n) is 7.41. The summed E-state index contributed by atoms with van der Waals surface area (Å²) in [5.74, 6) is -0.386. The predicted molar refractivity (Wildman–Crippen MR) is 81.3 cm³/mol. The van der Waals surface area contributed by atoms with Crippen molar-refractivity contribution < 1.29 is 8.78 Å². The first-order valence-corrected chi connectivity index (χ1v) is 7.41. The fourth-order valence-corrected chi connectivity index (χ4v) is 3.00. The number of hydrogen-bond acceptors (Lipinski definition) is 4. The first kappa shape index (κ1) is 14.7. The van der Waals surface area contributed by atoms with Crippen LogP contribution in [0.3, 0.4) is 0 Å². The molecule has 0 aromatic carbocycles. The molecule has 3 heterocycles. The summed E-state index contributed by atoms with van der Waals surface area (Å²) in [5, 5.41) is 4.36. The van der Waals surface area contributed by atoms with Crippen LogP contribution in [0.2, 0.25) is 0 Å². The number of nitrogens with zero attached hydrogens (tertiary/aromatic N) is 3. The van der Waals surface area contributed by atoms with Gasteiger partial charge in [0.1, 0.15) is 5.82 Å². The Morgan fingerprint density at radius 1 is 1.38 bits per heavy atom. The van der Waals surface area contributed by atoms with Crippen LogP contribution in [0.4, 0.5) is 8.78 Å². The molecule has 0 saturated heterocycles. The van der Waals surface area contributed by atoms with Crippen LogP contribution in [0, 0.1) is 12.8 Å². The van der Waals surface area contributed by atoms with Crippen molar-refractivity contribution >= 4 is 5.52 Å². The molecule has 7 nitrogen and oxygen atoms in total. The van der Waals surface area contributed by atoms with Crippen LogP contribution in [0.1, 0.15) is 23.7 Å². The highest BCUT2D eigenvalue weighted by molar-refractivity contribution is 5.65. The number of halogens is 2. The van der Waals surface area contributed by atoms with Crippen molar-refractivity contribution in [3.05, 3.63) is 50.7 Å². The Morgan fingerprint density at radius 2 is 2.17 bits per heavy atom. The number of fused-ring (bicyclic) bond motifs is 1. The summed E-state index contributed by atoms with van der Waals surface area (Å²) in [5.41, 5.74) is 0.609. The van der Waals surface area contributed by atoms with Crippen LogP contribution < -0.4 is 11.2 Å². The van der Waals surface area contributed by atoms with Crippen molar-refractivity contribution in [1.29, 1.82) is 0 Å². The highest BCUT2D eigenvalue weighted by Gasteiger charge is 2.46. The van der Waals surface area contributed by atoms with Crippen LogP contribution in [-0.4, -0.2) is 31.0 Å². The Labute approximate surface area is 133 Å². The molecular weight excluding hydrogens is 320 g/mol. The number of H-pyrrole nitrogens is 2. The van der Waals surface area contributed by atoms with Gasteiger partial charge in [0.05, 0.1) is 23.0 Å². The van der Waals surface area contributed by atoms with E-state index in [1.54, 1.807) is 19.2 Å². The number of aryl methyl sites for hydroxylation is 1. The van der Waals surface area contributed by atoms with Gasteiger partial charge >= 0.3 is 5.69 Å². The third-order valence-corrected chi connectivity index (χ3v) is 4.36. The van der Waals surface area contributed by atoms with E-state index in [4.69, 9.17) is 0 Å². The number of alkyl halides is 2. The number of aromatic nitrogens is 5. The normalized spacial score (nSPS) is 20.0. The van der Waals surface area contributed by atoms with Crippen LogP contribution in [-0.2, 0) is 0 Å². The lowest BCUT2D eigenvalue weighted by Crippen LogP contribution is -2.23. The number of imidazole rings is 1. The zero-order valence-electron chi connectivity index (χ0n) is 12.6. The topological polar surface area (TPSA) is 95.9 Å². The minimum Gasteiger partial charge on any atom is -0.313 e.